The van der Waals surface area contributed by atoms with Crippen molar-refractivity contribution in [2.45, 2.75) is 39.0 Å². The molecule has 0 radical (unpaired) electrons. The molecule has 6 nitrogen and oxygen atoms in total. The Bertz CT molecular complexity index is 1350. The van der Waals surface area contributed by atoms with Gasteiger partial charge in [0.2, 0.25) is 5.88 Å². The SMILES string of the molecule is CCCCCc1cccc(Cc2nc(-c3cccc(Oc4cc5cc[nH]c5cn4)c3)n[nH]2)c1. The van der Waals surface area contributed by atoms with Crippen LogP contribution in [0.5, 0.6) is 11.6 Å². The van der Waals surface area contributed by atoms with E-state index in [9.17, 15) is 0 Å². The van der Waals surface area contributed by atoms with Crippen LogP contribution < -0.4 is 4.74 Å². The quantitative estimate of drug-likeness (QED) is 0.259. The molecule has 0 aliphatic heterocycles. The lowest BCUT2D eigenvalue weighted by Crippen LogP contribution is -1.93. The molecule has 5 aromatic rings. The molecule has 0 saturated carbocycles. The Labute approximate surface area is 193 Å². The Balaban J connectivity index is 1.28. The summed E-state index contributed by atoms with van der Waals surface area (Å²) in [4.78, 5) is 12.2. The number of aryl methyl sites for hydroxylation is 1. The number of fused-ring (bicyclic) bond motifs is 1. The molecule has 2 aromatic carbocycles. The predicted molar refractivity (Wildman–Crippen MR) is 130 cm³/mol. The van der Waals surface area contributed by atoms with Crippen molar-refractivity contribution >= 4 is 10.9 Å². The first-order valence-electron chi connectivity index (χ1n) is 11.5. The number of hydrogen-bond donors (Lipinski definition) is 2. The van der Waals surface area contributed by atoms with E-state index >= 15 is 0 Å². The van der Waals surface area contributed by atoms with Crippen molar-refractivity contribution in [2.75, 3.05) is 0 Å². The van der Waals surface area contributed by atoms with E-state index in [1.165, 1.54) is 30.4 Å². The van der Waals surface area contributed by atoms with Gasteiger partial charge >= 0.3 is 0 Å². The highest BCUT2D eigenvalue weighted by Crippen LogP contribution is 2.26. The fourth-order valence-corrected chi connectivity index (χ4v) is 3.98. The number of rotatable bonds is 9. The number of unbranched alkanes of at least 4 members (excludes halogenated alkanes) is 2. The first-order valence-corrected chi connectivity index (χ1v) is 11.5. The lowest BCUT2D eigenvalue weighted by atomic mass is 10.0. The number of aromatic nitrogens is 5. The minimum atomic E-state index is 0.550. The lowest BCUT2D eigenvalue weighted by molar-refractivity contribution is 0.464. The number of benzene rings is 2. The summed E-state index contributed by atoms with van der Waals surface area (Å²) in [6, 6.07) is 20.4. The largest absolute Gasteiger partial charge is 0.439 e. The van der Waals surface area contributed by atoms with E-state index < -0.39 is 0 Å². The van der Waals surface area contributed by atoms with Crippen LogP contribution in [0.15, 0.2) is 73.1 Å². The highest BCUT2D eigenvalue weighted by Gasteiger charge is 2.09. The summed E-state index contributed by atoms with van der Waals surface area (Å²) in [6.45, 7) is 2.24. The van der Waals surface area contributed by atoms with E-state index in [-0.39, 0.29) is 0 Å². The van der Waals surface area contributed by atoms with Gasteiger partial charge in [-0.1, -0.05) is 56.2 Å². The van der Waals surface area contributed by atoms with E-state index in [0.29, 0.717) is 17.5 Å². The number of aromatic amines is 2. The molecule has 0 atom stereocenters. The van der Waals surface area contributed by atoms with Gasteiger partial charge < -0.3 is 9.72 Å². The predicted octanol–water partition coefficient (Wildman–Crippen LogP) is 6.46. The summed E-state index contributed by atoms with van der Waals surface area (Å²) in [5, 5.41) is 8.59. The minimum Gasteiger partial charge on any atom is -0.439 e. The van der Waals surface area contributed by atoms with Crippen molar-refractivity contribution in [3.8, 4) is 23.0 Å². The Kier molecular flexibility index (Phi) is 6.15. The highest BCUT2D eigenvalue weighted by atomic mass is 16.5. The summed E-state index contributed by atoms with van der Waals surface area (Å²) in [5.74, 6) is 2.75. The second-order valence-corrected chi connectivity index (χ2v) is 8.28. The number of hydrogen-bond acceptors (Lipinski definition) is 4. The first-order chi connectivity index (χ1) is 16.3. The van der Waals surface area contributed by atoms with Gasteiger partial charge in [0, 0.05) is 29.6 Å². The zero-order chi connectivity index (χ0) is 22.5. The van der Waals surface area contributed by atoms with Crippen LogP contribution in [0.3, 0.4) is 0 Å². The molecule has 0 saturated heterocycles. The van der Waals surface area contributed by atoms with E-state index in [1.807, 2.05) is 42.6 Å². The van der Waals surface area contributed by atoms with Crippen molar-refractivity contribution < 1.29 is 4.74 Å². The molecule has 3 aromatic heterocycles. The van der Waals surface area contributed by atoms with Crippen LogP contribution in [0, 0.1) is 0 Å². The second kappa shape index (κ2) is 9.69. The Hall–Kier alpha value is -3.93. The Morgan fingerprint density at radius 2 is 1.85 bits per heavy atom. The van der Waals surface area contributed by atoms with Crippen LogP contribution in [0.4, 0.5) is 0 Å². The molecule has 0 aliphatic rings. The maximum Gasteiger partial charge on any atom is 0.219 e. The molecule has 166 valence electrons. The molecule has 0 unspecified atom stereocenters. The summed E-state index contributed by atoms with van der Waals surface area (Å²) < 4.78 is 5.98. The number of nitrogens with one attached hydrogen (secondary N) is 2. The third kappa shape index (κ3) is 5.12. The molecular weight excluding hydrogens is 410 g/mol. The van der Waals surface area contributed by atoms with Gasteiger partial charge in [-0.3, -0.25) is 5.10 Å². The molecule has 0 spiro atoms. The molecule has 5 rings (SSSR count). The third-order valence-corrected chi connectivity index (χ3v) is 5.69. The first kappa shape index (κ1) is 20.9. The van der Waals surface area contributed by atoms with E-state index in [4.69, 9.17) is 9.72 Å². The molecule has 3 heterocycles. The lowest BCUT2D eigenvalue weighted by Gasteiger charge is -2.06. The second-order valence-electron chi connectivity index (χ2n) is 8.28. The molecule has 0 aliphatic carbocycles. The normalized spacial score (nSPS) is 11.2. The van der Waals surface area contributed by atoms with Crippen molar-refractivity contribution in [1.29, 1.82) is 0 Å². The zero-order valence-electron chi connectivity index (χ0n) is 18.7. The van der Waals surface area contributed by atoms with Gasteiger partial charge in [-0.05, 0) is 42.2 Å². The highest BCUT2D eigenvalue weighted by molar-refractivity contribution is 5.79. The number of H-pyrrole nitrogens is 2. The maximum absolute atomic E-state index is 5.98. The topological polar surface area (TPSA) is 79.5 Å². The summed E-state index contributed by atoms with van der Waals surface area (Å²) in [5.41, 5.74) is 4.51. The third-order valence-electron chi connectivity index (χ3n) is 5.69. The van der Waals surface area contributed by atoms with Crippen LogP contribution in [-0.2, 0) is 12.8 Å². The van der Waals surface area contributed by atoms with E-state index in [2.05, 4.69) is 51.4 Å². The molecule has 0 fully saturated rings. The van der Waals surface area contributed by atoms with Crippen LogP contribution in [0.1, 0.15) is 43.1 Å². The molecule has 2 N–H and O–H groups in total. The van der Waals surface area contributed by atoms with Crippen molar-refractivity contribution in [3.05, 3.63) is 90.0 Å². The van der Waals surface area contributed by atoms with Gasteiger partial charge in [-0.2, -0.15) is 5.10 Å². The average molecular weight is 438 g/mol. The van der Waals surface area contributed by atoms with Crippen LogP contribution in [-0.4, -0.2) is 25.1 Å². The van der Waals surface area contributed by atoms with E-state index in [0.717, 1.165) is 35.1 Å². The van der Waals surface area contributed by atoms with Gasteiger partial charge in [-0.25, -0.2) is 9.97 Å². The standard InChI is InChI=1S/C27H27N5O/c1-2-3-4-7-19-8-5-9-20(14-19)15-25-30-27(32-31-25)22-10-6-11-23(16-22)33-26-17-21-12-13-28-24(21)18-29-26/h5-6,8-14,16-18,28H,2-4,7,15H2,1H3,(H,30,31,32). The van der Waals surface area contributed by atoms with Gasteiger partial charge in [0.15, 0.2) is 5.82 Å². The smallest absolute Gasteiger partial charge is 0.219 e. The number of ether oxygens (including phenoxy) is 1. The van der Waals surface area contributed by atoms with Gasteiger partial charge in [0.25, 0.3) is 0 Å². The average Bonchev–Trinajstić information content (AvgIpc) is 3.49. The maximum atomic E-state index is 5.98. The molecule has 6 heteroatoms. The summed E-state index contributed by atoms with van der Waals surface area (Å²) >= 11 is 0. The zero-order valence-corrected chi connectivity index (χ0v) is 18.7. The molecule has 0 bridgehead atoms. The van der Waals surface area contributed by atoms with Crippen molar-refractivity contribution in [1.82, 2.24) is 25.1 Å². The van der Waals surface area contributed by atoms with Gasteiger partial charge in [0.05, 0.1) is 11.7 Å². The number of nitrogens with zero attached hydrogens (tertiary/aromatic N) is 3. The van der Waals surface area contributed by atoms with E-state index in [1.54, 1.807) is 6.20 Å². The molecular formula is C27H27N5O. The monoisotopic (exact) mass is 437 g/mol. The summed E-state index contributed by atoms with van der Waals surface area (Å²) in [6.07, 6.45) is 9.27. The summed E-state index contributed by atoms with van der Waals surface area (Å²) in [7, 11) is 0. The van der Waals surface area contributed by atoms with Gasteiger partial charge in [-0.15, -0.1) is 0 Å². The number of pyridine rings is 1. The minimum absolute atomic E-state index is 0.550. The fourth-order valence-electron chi connectivity index (χ4n) is 3.98. The molecule has 33 heavy (non-hydrogen) atoms. The Morgan fingerprint density at radius 1 is 0.939 bits per heavy atom. The van der Waals surface area contributed by atoms with Crippen LogP contribution in [0.25, 0.3) is 22.3 Å². The Morgan fingerprint density at radius 3 is 2.79 bits per heavy atom. The van der Waals surface area contributed by atoms with Crippen molar-refractivity contribution in [3.63, 3.8) is 0 Å². The van der Waals surface area contributed by atoms with Crippen molar-refractivity contribution in [2.24, 2.45) is 0 Å². The van der Waals surface area contributed by atoms with Crippen LogP contribution in [0.2, 0.25) is 0 Å². The fraction of sp³-hybridized carbons (Fsp3) is 0.222. The van der Waals surface area contributed by atoms with Gasteiger partial charge in [0.1, 0.15) is 11.6 Å². The molecule has 0 amide bonds. The van der Waals surface area contributed by atoms with Crippen LogP contribution >= 0.6 is 0 Å².